The second kappa shape index (κ2) is 10.3. The van der Waals surface area contributed by atoms with E-state index in [1.807, 2.05) is 25.1 Å². The van der Waals surface area contributed by atoms with Crippen molar-refractivity contribution >= 4 is 10.8 Å². The Kier molecular flexibility index (Phi) is 7.51. The lowest BCUT2D eigenvalue weighted by Crippen LogP contribution is -2.25. The van der Waals surface area contributed by atoms with Crippen molar-refractivity contribution < 1.29 is 13.5 Å². The summed E-state index contributed by atoms with van der Waals surface area (Å²) in [6, 6.07) is 7.12. The quantitative estimate of drug-likeness (QED) is 0.430. The Labute approximate surface area is 186 Å². The Bertz CT molecular complexity index is 861. The minimum absolute atomic E-state index is 0.311. The first-order valence-corrected chi connectivity index (χ1v) is 12.6. The highest BCUT2D eigenvalue weighted by atomic mass is 19.2. The van der Waals surface area contributed by atoms with Crippen molar-refractivity contribution in [3.8, 4) is 5.75 Å². The number of rotatable bonds is 7. The van der Waals surface area contributed by atoms with E-state index >= 15 is 0 Å². The molecule has 2 aliphatic rings. The molecule has 0 amide bonds. The van der Waals surface area contributed by atoms with Gasteiger partial charge in [-0.05, 0) is 98.3 Å². The zero-order valence-corrected chi connectivity index (χ0v) is 19.3. The fourth-order valence-electron chi connectivity index (χ4n) is 6.18. The van der Waals surface area contributed by atoms with E-state index in [0.29, 0.717) is 35.6 Å². The highest BCUT2D eigenvalue weighted by molar-refractivity contribution is 5.85. The minimum atomic E-state index is -0.736. The summed E-state index contributed by atoms with van der Waals surface area (Å²) in [5.41, 5.74) is 0.522. The zero-order chi connectivity index (χ0) is 21.8. The van der Waals surface area contributed by atoms with Gasteiger partial charge in [-0.3, -0.25) is 0 Å². The van der Waals surface area contributed by atoms with Crippen LogP contribution < -0.4 is 4.74 Å². The maximum Gasteiger partial charge on any atom is 0.167 e. The first-order chi connectivity index (χ1) is 15.1. The summed E-state index contributed by atoms with van der Waals surface area (Å²) in [7, 11) is 0. The van der Waals surface area contributed by atoms with Gasteiger partial charge in [0.05, 0.1) is 6.61 Å². The van der Waals surface area contributed by atoms with Crippen LogP contribution in [-0.4, -0.2) is 6.61 Å². The molecule has 4 rings (SSSR count). The van der Waals surface area contributed by atoms with Gasteiger partial charge >= 0.3 is 0 Å². The molecule has 1 nitrogen and oxygen atoms in total. The van der Waals surface area contributed by atoms with Crippen LogP contribution in [0.1, 0.15) is 83.6 Å². The third kappa shape index (κ3) is 5.23. The molecule has 31 heavy (non-hydrogen) atoms. The van der Waals surface area contributed by atoms with Gasteiger partial charge in [-0.1, -0.05) is 45.1 Å². The monoisotopic (exact) mass is 428 g/mol. The molecule has 0 N–H and O–H groups in total. The predicted molar refractivity (Wildman–Crippen MR) is 125 cm³/mol. The molecule has 0 radical (unpaired) electrons. The summed E-state index contributed by atoms with van der Waals surface area (Å²) < 4.78 is 34.9. The van der Waals surface area contributed by atoms with Gasteiger partial charge in [-0.15, -0.1) is 0 Å². The number of aryl methyl sites for hydroxylation is 1. The summed E-state index contributed by atoms with van der Waals surface area (Å²) in [5, 5.41) is 1.06. The Morgan fingerprint density at radius 2 is 1.45 bits per heavy atom. The summed E-state index contributed by atoms with van der Waals surface area (Å²) in [6.07, 6.45) is 13.8. The molecule has 2 fully saturated rings. The van der Waals surface area contributed by atoms with Crippen LogP contribution >= 0.6 is 0 Å². The van der Waals surface area contributed by atoms with Crippen molar-refractivity contribution in [3.05, 3.63) is 41.5 Å². The fourth-order valence-corrected chi connectivity index (χ4v) is 6.18. The van der Waals surface area contributed by atoms with Gasteiger partial charge in [0.2, 0.25) is 0 Å². The van der Waals surface area contributed by atoms with E-state index in [9.17, 15) is 8.78 Å². The van der Waals surface area contributed by atoms with E-state index in [0.717, 1.165) is 29.6 Å². The lowest BCUT2D eigenvalue weighted by atomic mass is 9.68. The van der Waals surface area contributed by atoms with Gasteiger partial charge in [0, 0.05) is 5.39 Å². The number of benzene rings is 2. The van der Waals surface area contributed by atoms with E-state index in [1.165, 1.54) is 57.8 Å². The molecule has 3 heteroatoms. The van der Waals surface area contributed by atoms with E-state index in [2.05, 4.69) is 6.92 Å². The van der Waals surface area contributed by atoms with Crippen molar-refractivity contribution in [1.29, 1.82) is 0 Å². The molecule has 2 aromatic carbocycles. The molecule has 0 unspecified atom stereocenters. The van der Waals surface area contributed by atoms with E-state index in [4.69, 9.17) is 4.74 Å². The van der Waals surface area contributed by atoms with Gasteiger partial charge < -0.3 is 4.74 Å². The molecule has 0 saturated heterocycles. The van der Waals surface area contributed by atoms with Crippen molar-refractivity contribution in [3.63, 3.8) is 0 Å². The molecule has 2 aliphatic carbocycles. The lowest BCUT2D eigenvalue weighted by molar-refractivity contribution is 0.142. The van der Waals surface area contributed by atoms with Crippen LogP contribution in [0.25, 0.3) is 10.8 Å². The average Bonchev–Trinajstić information content (AvgIpc) is 2.81. The lowest BCUT2D eigenvalue weighted by Gasteiger charge is -2.37. The van der Waals surface area contributed by atoms with Crippen molar-refractivity contribution in [2.24, 2.45) is 23.7 Å². The standard InChI is InChI=1S/C28H38F2O/c1-3-19-5-10-21(11-6-19)22-12-7-20(8-13-22)9-14-24-17-23-15-16-25(31-4-2)18-26(23)28(30)27(24)29/h15-22H,3-14H2,1-2H3. The van der Waals surface area contributed by atoms with Gasteiger partial charge in [0.1, 0.15) is 5.75 Å². The Morgan fingerprint density at radius 3 is 2.06 bits per heavy atom. The molecule has 2 saturated carbocycles. The molecule has 0 aliphatic heterocycles. The summed E-state index contributed by atoms with van der Waals surface area (Å²) in [6.45, 7) is 4.73. The van der Waals surface area contributed by atoms with Crippen LogP contribution in [0.3, 0.4) is 0 Å². The van der Waals surface area contributed by atoms with Crippen molar-refractivity contribution in [2.75, 3.05) is 6.61 Å². The van der Waals surface area contributed by atoms with Crippen LogP contribution in [0, 0.1) is 35.3 Å². The largest absolute Gasteiger partial charge is 0.494 e. The maximum atomic E-state index is 14.8. The van der Waals surface area contributed by atoms with E-state index < -0.39 is 11.6 Å². The van der Waals surface area contributed by atoms with Crippen molar-refractivity contribution in [2.45, 2.75) is 84.5 Å². The summed E-state index contributed by atoms with van der Waals surface area (Å²) in [4.78, 5) is 0. The third-order valence-corrected chi connectivity index (χ3v) is 8.23. The highest BCUT2D eigenvalue weighted by Gasteiger charge is 2.30. The second-order valence-electron chi connectivity index (χ2n) is 9.99. The topological polar surface area (TPSA) is 9.23 Å². The molecule has 170 valence electrons. The number of halogens is 2. The molecule has 2 aromatic rings. The second-order valence-corrected chi connectivity index (χ2v) is 9.99. The molecular weight excluding hydrogens is 390 g/mol. The Hall–Kier alpha value is -1.64. The van der Waals surface area contributed by atoms with E-state index in [-0.39, 0.29) is 0 Å². The molecule has 0 aromatic heterocycles. The average molecular weight is 429 g/mol. The van der Waals surface area contributed by atoms with Gasteiger partial charge in [-0.25, -0.2) is 8.78 Å². The van der Waals surface area contributed by atoms with Crippen LogP contribution in [-0.2, 0) is 6.42 Å². The SMILES string of the molecule is CCOc1ccc2cc(CCC3CCC(C4CCC(CC)CC4)CC3)c(F)c(F)c2c1. The van der Waals surface area contributed by atoms with Crippen molar-refractivity contribution in [1.82, 2.24) is 0 Å². The van der Waals surface area contributed by atoms with E-state index in [1.54, 1.807) is 6.07 Å². The highest BCUT2D eigenvalue weighted by Crippen LogP contribution is 2.43. The third-order valence-electron chi connectivity index (χ3n) is 8.23. The normalized spacial score (nSPS) is 26.8. The van der Waals surface area contributed by atoms with Crippen LogP contribution in [0.4, 0.5) is 8.78 Å². The van der Waals surface area contributed by atoms with Gasteiger partial charge in [0.15, 0.2) is 11.6 Å². The molecule has 0 spiro atoms. The smallest absolute Gasteiger partial charge is 0.167 e. The molecule has 0 heterocycles. The maximum absolute atomic E-state index is 14.8. The Balaban J connectivity index is 1.32. The summed E-state index contributed by atoms with van der Waals surface area (Å²) in [5.74, 6) is 2.64. The minimum Gasteiger partial charge on any atom is -0.494 e. The molecule has 0 bridgehead atoms. The predicted octanol–water partition coefficient (Wildman–Crippen LogP) is 8.47. The summed E-state index contributed by atoms with van der Waals surface area (Å²) >= 11 is 0. The Morgan fingerprint density at radius 1 is 0.806 bits per heavy atom. The van der Waals surface area contributed by atoms with Crippen LogP contribution in [0.5, 0.6) is 5.75 Å². The zero-order valence-electron chi connectivity index (χ0n) is 19.3. The fraction of sp³-hybridized carbons (Fsp3) is 0.643. The van der Waals surface area contributed by atoms with Gasteiger partial charge in [-0.2, -0.15) is 0 Å². The first-order valence-electron chi connectivity index (χ1n) is 12.6. The molecular formula is C28H38F2O. The number of fused-ring (bicyclic) bond motifs is 1. The van der Waals surface area contributed by atoms with Gasteiger partial charge in [0.25, 0.3) is 0 Å². The number of hydrogen-bond donors (Lipinski definition) is 0. The van der Waals surface area contributed by atoms with Crippen LogP contribution in [0.15, 0.2) is 24.3 Å². The number of hydrogen-bond acceptors (Lipinski definition) is 1. The number of ether oxygens (including phenoxy) is 1. The first kappa shape index (κ1) is 22.6. The molecule has 0 atom stereocenters. The van der Waals surface area contributed by atoms with Crippen LogP contribution in [0.2, 0.25) is 0 Å².